The van der Waals surface area contributed by atoms with Gasteiger partial charge in [0.25, 0.3) is 0 Å². The van der Waals surface area contributed by atoms with Gasteiger partial charge in [-0.05, 0) is 85.9 Å². The lowest BCUT2D eigenvalue weighted by Crippen LogP contribution is -2.43. The maximum Gasteiger partial charge on any atom is 0.416 e. The molecule has 2 aromatic carbocycles. The maximum atomic E-state index is 14.1. The fourth-order valence-corrected chi connectivity index (χ4v) is 7.30. The molecule has 0 aliphatic carbocycles. The van der Waals surface area contributed by atoms with Crippen LogP contribution in [0.25, 0.3) is 0 Å². The Labute approximate surface area is 264 Å². The topological polar surface area (TPSA) is 73.3 Å². The molecule has 3 aliphatic rings. The number of carboxylic acids is 1. The molecule has 2 atom stereocenters. The van der Waals surface area contributed by atoms with Crippen LogP contribution < -0.4 is 9.64 Å². The molecule has 1 amide bonds. The number of carbonyl (C=O) groups excluding carboxylic acids is 1. The number of hydrogen-bond acceptors (Lipinski definition) is 5. The van der Waals surface area contributed by atoms with Gasteiger partial charge in [-0.3, -0.25) is 9.59 Å². The SMILES string of the molecule is COc1ccc([C@@H]2CN(CCC(C)C)CC2C(=O)N2CCC(c3ccc(C(F)(F)F)cc3N3CCC(C(=O)O)CC3)CC2)cc1. The third kappa shape index (κ3) is 7.76. The van der Waals surface area contributed by atoms with Gasteiger partial charge in [-0.25, -0.2) is 0 Å². The third-order valence-electron chi connectivity index (χ3n) is 10.1. The van der Waals surface area contributed by atoms with E-state index in [-0.39, 0.29) is 23.7 Å². The number of carbonyl (C=O) groups is 2. The van der Waals surface area contributed by atoms with Gasteiger partial charge in [0, 0.05) is 50.9 Å². The van der Waals surface area contributed by atoms with Gasteiger partial charge in [-0.2, -0.15) is 13.2 Å². The molecule has 3 fully saturated rings. The maximum absolute atomic E-state index is 14.1. The third-order valence-corrected chi connectivity index (χ3v) is 10.1. The molecule has 45 heavy (non-hydrogen) atoms. The Morgan fingerprint density at radius 1 is 0.956 bits per heavy atom. The summed E-state index contributed by atoms with van der Waals surface area (Å²) in [6, 6.07) is 12.0. The van der Waals surface area contributed by atoms with Gasteiger partial charge in [0.2, 0.25) is 5.91 Å². The molecule has 3 aliphatic heterocycles. The predicted molar refractivity (Wildman–Crippen MR) is 168 cm³/mol. The van der Waals surface area contributed by atoms with E-state index in [0.717, 1.165) is 49.0 Å². The number of piperidine rings is 2. The van der Waals surface area contributed by atoms with Crippen molar-refractivity contribution >= 4 is 17.6 Å². The van der Waals surface area contributed by atoms with Crippen LogP contribution in [0.5, 0.6) is 5.75 Å². The number of benzene rings is 2. The summed E-state index contributed by atoms with van der Waals surface area (Å²) in [5.74, 6) is 0.155. The fraction of sp³-hybridized carbons (Fsp3) is 0.600. The van der Waals surface area contributed by atoms with E-state index in [0.29, 0.717) is 63.5 Å². The molecule has 10 heteroatoms. The smallest absolute Gasteiger partial charge is 0.416 e. The number of nitrogens with zero attached hydrogens (tertiary/aromatic N) is 3. The zero-order chi connectivity index (χ0) is 32.3. The highest BCUT2D eigenvalue weighted by molar-refractivity contribution is 5.81. The summed E-state index contributed by atoms with van der Waals surface area (Å²) in [7, 11) is 1.64. The molecule has 0 radical (unpaired) electrons. The first-order chi connectivity index (χ1) is 21.4. The second-order valence-electron chi connectivity index (χ2n) is 13.4. The van der Waals surface area contributed by atoms with Crippen LogP contribution in [0.4, 0.5) is 18.9 Å². The number of alkyl halides is 3. The van der Waals surface area contributed by atoms with E-state index in [1.54, 1.807) is 13.2 Å². The Balaban J connectivity index is 1.30. The molecule has 246 valence electrons. The van der Waals surface area contributed by atoms with Crippen LogP contribution >= 0.6 is 0 Å². The molecule has 0 saturated carbocycles. The standard InChI is InChI=1S/C35H46F3N3O4/c1-23(2)10-15-39-21-30(24-4-7-28(45-3)8-5-24)31(22-39)33(42)41-18-11-25(12-19-41)29-9-6-27(35(36,37)38)20-32(29)40-16-13-26(14-17-40)34(43)44/h4-9,20,23,25-26,30-31H,10-19,21-22H2,1-3H3,(H,43,44)/t30-,31?/m0/s1. The van der Waals surface area contributed by atoms with Crippen molar-refractivity contribution in [2.75, 3.05) is 57.8 Å². The normalized spacial score (nSPS) is 22.3. The Morgan fingerprint density at radius 2 is 1.62 bits per heavy atom. The minimum Gasteiger partial charge on any atom is -0.497 e. The van der Waals surface area contributed by atoms with Crippen LogP contribution in [0.15, 0.2) is 42.5 Å². The van der Waals surface area contributed by atoms with Crippen molar-refractivity contribution in [2.24, 2.45) is 17.8 Å². The summed E-state index contributed by atoms with van der Waals surface area (Å²) in [6.45, 7) is 8.86. The van der Waals surface area contributed by atoms with Crippen LogP contribution in [-0.2, 0) is 15.8 Å². The van der Waals surface area contributed by atoms with Crippen LogP contribution in [0.3, 0.4) is 0 Å². The molecule has 0 aromatic heterocycles. The molecular formula is C35H46F3N3O4. The van der Waals surface area contributed by atoms with Gasteiger partial charge in [0.15, 0.2) is 0 Å². The molecule has 1 N–H and O–H groups in total. The van der Waals surface area contributed by atoms with E-state index < -0.39 is 23.6 Å². The number of rotatable bonds is 9. The molecule has 3 heterocycles. The molecule has 3 saturated heterocycles. The quantitative estimate of drug-likeness (QED) is 0.342. The number of halogens is 3. The van der Waals surface area contributed by atoms with Crippen molar-refractivity contribution in [2.45, 2.75) is 64.0 Å². The average Bonchev–Trinajstić information content (AvgIpc) is 3.47. The first kappa shape index (κ1) is 33.1. The lowest BCUT2D eigenvalue weighted by molar-refractivity contribution is -0.142. The van der Waals surface area contributed by atoms with Crippen molar-refractivity contribution in [3.05, 3.63) is 59.2 Å². The number of ether oxygens (including phenoxy) is 1. The first-order valence-corrected chi connectivity index (χ1v) is 16.3. The summed E-state index contributed by atoms with van der Waals surface area (Å²) in [4.78, 5) is 31.9. The highest BCUT2D eigenvalue weighted by Gasteiger charge is 2.41. The van der Waals surface area contributed by atoms with E-state index in [4.69, 9.17) is 4.74 Å². The van der Waals surface area contributed by atoms with Crippen molar-refractivity contribution in [3.63, 3.8) is 0 Å². The van der Waals surface area contributed by atoms with E-state index in [2.05, 4.69) is 30.9 Å². The number of likely N-dealkylation sites (tertiary alicyclic amines) is 2. The van der Waals surface area contributed by atoms with Crippen molar-refractivity contribution in [3.8, 4) is 5.75 Å². The van der Waals surface area contributed by atoms with Crippen molar-refractivity contribution in [1.82, 2.24) is 9.80 Å². The summed E-state index contributed by atoms with van der Waals surface area (Å²) in [5.41, 5.74) is 1.86. The molecule has 1 unspecified atom stereocenters. The zero-order valence-electron chi connectivity index (χ0n) is 26.6. The highest BCUT2D eigenvalue weighted by Crippen LogP contribution is 2.41. The Hall–Kier alpha value is -3.27. The van der Waals surface area contributed by atoms with E-state index in [1.165, 1.54) is 6.07 Å². The fourth-order valence-electron chi connectivity index (χ4n) is 7.30. The minimum absolute atomic E-state index is 0.0204. The average molecular weight is 630 g/mol. The van der Waals surface area contributed by atoms with E-state index >= 15 is 0 Å². The molecule has 7 nitrogen and oxygen atoms in total. The van der Waals surface area contributed by atoms with Gasteiger partial charge < -0.3 is 24.5 Å². The molecule has 0 bridgehead atoms. The van der Waals surface area contributed by atoms with Gasteiger partial charge in [-0.15, -0.1) is 0 Å². The lowest BCUT2D eigenvalue weighted by Gasteiger charge is -2.38. The van der Waals surface area contributed by atoms with E-state index in [9.17, 15) is 27.9 Å². The van der Waals surface area contributed by atoms with Crippen LogP contribution in [-0.4, -0.2) is 79.7 Å². The minimum atomic E-state index is -4.47. The summed E-state index contributed by atoms with van der Waals surface area (Å²) >= 11 is 0. The number of aliphatic carboxylic acids is 1. The Morgan fingerprint density at radius 3 is 2.20 bits per heavy atom. The van der Waals surface area contributed by atoms with Crippen molar-refractivity contribution in [1.29, 1.82) is 0 Å². The number of anilines is 1. The van der Waals surface area contributed by atoms with Gasteiger partial charge >= 0.3 is 12.1 Å². The highest BCUT2D eigenvalue weighted by atomic mass is 19.4. The Kier molecular flexibility index (Phi) is 10.3. The second kappa shape index (κ2) is 14.0. The summed E-state index contributed by atoms with van der Waals surface area (Å²) < 4.78 is 46.5. The number of carboxylic acid groups (broad SMARTS) is 1. The number of methoxy groups -OCH3 is 1. The van der Waals surface area contributed by atoms with Crippen LogP contribution in [0.2, 0.25) is 0 Å². The second-order valence-corrected chi connectivity index (χ2v) is 13.4. The lowest BCUT2D eigenvalue weighted by atomic mass is 9.84. The molecule has 5 rings (SSSR count). The largest absolute Gasteiger partial charge is 0.497 e. The molecule has 2 aromatic rings. The predicted octanol–water partition coefficient (Wildman–Crippen LogP) is 6.48. The summed E-state index contributed by atoms with van der Waals surface area (Å²) in [5, 5.41) is 9.41. The van der Waals surface area contributed by atoms with Crippen LogP contribution in [0, 0.1) is 17.8 Å². The summed E-state index contributed by atoms with van der Waals surface area (Å²) in [6.07, 6.45) is -1.23. The van der Waals surface area contributed by atoms with Crippen LogP contribution in [0.1, 0.15) is 74.5 Å². The number of hydrogen-bond donors (Lipinski definition) is 1. The van der Waals surface area contributed by atoms with Crippen molar-refractivity contribution < 1.29 is 32.6 Å². The number of amides is 1. The monoisotopic (exact) mass is 629 g/mol. The van der Waals surface area contributed by atoms with Gasteiger partial charge in [-0.1, -0.05) is 32.0 Å². The van der Waals surface area contributed by atoms with Gasteiger partial charge in [0.1, 0.15) is 5.75 Å². The first-order valence-electron chi connectivity index (χ1n) is 16.3. The van der Waals surface area contributed by atoms with Gasteiger partial charge in [0.05, 0.1) is 24.5 Å². The zero-order valence-corrected chi connectivity index (χ0v) is 26.6. The molecular weight excluding hydrogens is 583 g/mol. The van der Waals surface area contributed by atoms with E-state index in [1.807, 2.05) is 21.9 Å². The molecule has 0 spiro atoms. The Bertz CT molecular complexity index is 1320.